The van der Waals surface area contributed by atoms with Crippen LogP contribution >= 0.6 is 11.6 Å². The smallest absolute Gasteiger partial charge is 0.228 e. The molecule has 1 saturated carbocycles. The predicted octanol–water partition coefficient (Wildman–Crippen LogP) is 2.88. The highest BCUT2D eigenvalue weighted by atomic mass is 35.5. The van der Waals surface area contributed by atoms with Crippen molar-refractivity contribution < 1.29 is 21.6 Å². The maximum Gasteiger partial charge on any atom is 0.228 e. The number of hydrogen-bond donors (Lipinski definition) is 1. The van der Waals surface area contributed by atoms with Crippen molar-refractivity contribution in [3.05, 3.63) is 40.5 Å². The number of nitrogens with zero attached hydrogens (tertiary/aromatic N) is 3. The van der Waals surface area contributed by atoms with Gasteiger partial charge >= 0.3 is 0 Å². The second-order valence-electron chi connectivity index (χ2n) is 9.31. The summed E-state index contributed by atoms with van der Waals surface area (Å²) < 4.78 is 53.3. The predicted molar refractivity (Wildman–Crippen MR) is 129 cm³/mol. The van der Waals surface area contributed by atoms with Gasteiger partial charge in [-0.15, -0.1) is 0 Å². The summed E-state index contributed by atoms with van der Waals surface area (Å²) in [6, 6.07) is 6.91. The van der Waals surface area contributed by atoms with E-state index in [1.165, 1.54) is 0 Å². The van der Waals surface area contributed by atoms with Gasteiger partial charge in [0.1, 0.15) is 5.82 Å². The average molecular weight is 527 g/mol. The van der Waals surface area contributed by atoms with Crippen LogP contribution in [0.5, 0.6) is 0 Å². The SMILES string of the molecule is O=C(Nc1c2c(nn1-c1ccc(Cl)cc1)CS(=O)(=O)C2)C1CCC(S(=O)(=O)N2CCCC2)CC1. The van der Waals surface area contributed by atoms with E-state index in [2.05, 4.69) is 10.4 Å². The molecule has 9 nitrogen and oxygen atoms in total. The molecule has 0 bridgehead atoms. The minimum atomic E-state index is -3.32. The third kappa shape index (κ3) is 4.50. The standard InChI is InChI=1S/C22H27ClN4O5S2/c23-16-5-7-17(8-6-16)27-21(19-13-33(29,30)14-20(19)25-27)24-22(28)15-3-9-18(10-4-15)34(31,32)26-11-1-2-12-26/h5-8,15,18H,1-4,9-14H2,(H,24,28). The summed E-state index contributed by atoms with van der Waals surface area (Å²) in [6.07, 6.45) is 3.63. The van der Waals surface area contributed by atoms with Crippen molar-refractivity contribution in [2.75, 3.05) is 18.4 Å². The van der Waals surface area contributed by atoms with Crippen molar-refractivity contribution in [1.82, 2.24) is 14.1 Å². The minimum absolute atomic E-state index is 0.161. The molecule has 1 aromatic heterocycles. The van der Waals surface area contributed by atoms with Crippen LogP contribution in [0.4, 0.5) is 5.82 Å². The molecule has 34 heavy (non-hydrogen) atoms. The maximum absolute atomic E-state index is 13.2. The molecule has 3 heterocycles. The molecule has 1 saturated heterocycles. The number of rotatable bonds is 5. The number of carbonyl (C=O) groups excluding carboxylic acids is 1. The summed E-state index contributed by atoms with van der Waals surface area (Å²) in [7, 11) is -6.62. The quantitative estimate of drug-likeness (QED) is 0.640. The lowest BCUT2D eigenvalue weighted by Gasteiger charge is -2.30. The molecule has 5 rings (SSSR count). The molecule has 3 aliphatic rings. The molecule has 1 aliphatic carbocycles. The lowest BCUT2D eigenvalue weighted by Crippen LogP contribution is -2.40. The number of halogens is 1. The van der Waals surface area contributed by atoms with Crippen molar-refractivity contribution in [3.63, 3.8) is 0 Å². The monoisotopic (exact) mass is 526 g/mol. The van der Waals surface area contributed by atoms with Crippen molar-refractivity contribution in [3.8, 4) is 5.69 Å². The summed E-state index contributed by atoms with van der Waals surface area (Å²) in [5, 5.41) is 7.50. The number of carbonyl (C=O) groups is 1. The molecule has 0 unspecified atom stereocenters. The van der Waals surface area contributed by atoms with Crippen molar-refractivity contribution in [2.45, 2.75) is 55.3 Å². The zero-order chi connectivity index (χ0) is 24.1. The summed E-state index contributed by atoms with van der Waals surface area (Å²) >= 11 is 6.00. The first kappa shape index (κ1) is 23.8. The Morgan fingerprint density at radius 3 is 2.32 bits per heavy atom. The molecule has 1 amide bonds. The van der Waals surface area contributed by atoms with Gasteiger partial charge in [-0.1, -0.05) is 11.6 Å². The zero-order valence-corrected chi connectivity index (χ0v) is 21.0. The number of nitrogens with one attached hydrogen (secondary N) is 1. The Bertz CT molecular complexity index is 1310. The summed E-state index contributed by atoms with van der Waals surface area (Å²) in [4.78, 5) is 13.2. The molecule has 2 fully saturated rings. The number of sulfonamides is 1. The fourth-order valence-electron chi connectivity index (χ4n) is 5.14. The van der Waals surface area contributed by atoms with Crippen LogP contribution in [0.2, 0.25) is 5.02 Å². The van der Waals surface area contributed by atoms with Crippen molar-refractivity contribution in [2.24, 2.45) is 5.92 Å². The van der Waals surface area contributed by atoms with Gasteiger partial charge in [0.2, 0.25) is 15.9 Å². The van der Waals surface area contributed by atoms with Gasteiger partial charge in [-0.3, -0.25) is 4.79 Å². The van der Waals surface area contributed by atoms with Gasteiger partial charge in [-0.25, -0.2) is 25.8 Å². The highest BCUT2D eigenvalue weighted by Gasteiger charge is 2.39. The van der Waals surface area contributed by atoms with Crippen LogP contribution < -0.4 is 5.32 Å². The van der Waals surface area contributed by atoms with Crippen LogP contribution in [0.25, 0.3) is 5.69 Å². The highest BCUT2D eigenvalue weighted by molar-refractivity contribution is 7.90. The van der Waals surface area contributed by atoms with Gasteiger partial charge in [0, 0.05) is 29.6 Å². The molecule has 12 heteroatoms. The molecule has 0 radical (unpaired) electrons. The number of amides is 1. The fourth-order valence-corrected chi connectivity index (χ4v) is 8.81. The second kappa shape index (κ2) is 8.92. The molecular weight excluding hydrogens is 500 g/mol. The highest BCUT2D eigenvalue weighted by Crippen LogP contribution is 2.36. The number of sulfone groups is 1. The molecule has 2 aromatic rings. The Hall–Kier alpha value is -1.95. The van der Waals surface area contributed by atoms with E-state index in [0.717, 1.165) is 12.8 Å². The molecule has 2 aliphatic heterocycles. The molecule has 1 N–H and O–H groups in total. The zero-order valence-electron chi connectivity index (χ0n) is 18.6. The number of hydrogen-bond acceptors (Lipinski definition) is 6. The van der Waals surface area contributed by atoms with Crippen LogP contribution in [0.3, 0.4) is 0 Å². The number of fused-ring (bicyclic) bond motifs is 1. The number of anilines is 1. The Kier molecular flexibility index (Phi) is 6.24. The fraction of sp³-hybridized carbons (Fsp3) is 0.545. The number of benzene rings is 1. The lowest BCUT2D eigenvalue weighted by molar-refractivity contribution is -0.120. The summed E-state index contributed by atoms with van der Waals surface area (Å²) in [5.41, 5.74) is 1.60. The Balaban J connectivity index is 1.33. The second-order valence-corrected chi connectivity index (χ2v) is 14.0. The van der Waals surface area contributed by atoms with Crippen LogP contribution in [0, 0.1) is 5.92 Å². The van der Waals surface area contributed by atoms with Crippen LogP contribution in [-0.2, 0) is 36.2 Å². The largest absolute Gasteiger partial charge is 0.310 e. The Morgan fingerprint density at radius 2 is 1.68 bits per heavy atom. The topological polar surface area (TPSA) is 118 Å². The van der Waals surface area contributed by atoms with Gasteiger partial charge in [0.15, 0.2) is 9.84 Å². The molecule has 0 atom stereocenters. The van der Waals surface area contributed by atoms with Crippen LogP contribution in [0.15, 0.2) is 24.3 Å². The minimum Gasteiger partial charge on any atom is -0.310 e. The van der Waals surface area contributed by atoms with Gasteiger partial charge in [-0.05, 0) is 62.8 Å². The van der Waals surface area contributed by atoms with Crippen molar-refractivity contribution in [1.29, 1.82) is 0 Å². The van der Waals surface area contributed by atoms with Gasteiger partial charge in [0.25, 0.3) is 0 Å². The van der Waals surface area contributed by atoms with Gasteiger partial charge in [-0.2, -0.15) is 5.10 Å². The van der Waals surface area contributed by atoms with E-state index in [4.69, 9.17) is 11.6 Å². The lowest BCUT2D eigenvalue weighted by atomic mass is 9.88. The molecular formula is C22H27ClN4O5S2. The van der Waals surface area contributed by atoms with E-state index >= 15 is 0 Å². The van der Waals surface area contributed by atoms with E-state index in [1.807, 2.05) is 0 Å². The first-order valence-corrected chi connectivity index (χ1v) is 15.2. The van der Waals surface area contributed by atoms with Crippen LogP contribution in [-0.4, -0.2) is 55.2 Å². The van der Waals surface area contributed by atoms with E-state index in [9.17, 15) is 21.6 Å². The third-order valence-corrected chi connectivity index (χ3v) is 11.1. The van der Waals surface area contributed by atoms with Crippen molar-refractivity contribution >= 4 is 43.2 Å². The Labute approximate surface area is 204 Å². The molecule has 0 spiro atoms. The first-order valence-electron chi connectivity index (χ1n) is 11.5. The number of aromatic nitrogens is 2. The summed E-state index contributed by atoms with van der Waals surface area (Å²) in [5.74, 6) is -0.556. The van der Waals surface area contributed by atoms with Gasteiger partial charge in [0.05, 0.1) is 28.1 Å². The molecule has 1 aromatic carbocycles. The van der Waals surface area contributed by atoms with Gasteiger partial charge < -0.3 is 5.32 Å². The average Bonchev–Trinajstić information content (AvgIpc) is 3.51. The van der Waals surface area contributed by atoms with E-state index < -0.39 is 25.1 Å². The van der Waals surface area contributed by atoms with Crippen LogP contribution in [0.1, 0.15) is 49.8 Å². The molecule has 184 valence electrons. The summed E-state index contributed by atoms with van der Waals surface area (Å²) in [6.45, 7) is 1.18. The normalized spacial score (nSPS) is 24.7. The van der Waals surface area contributed by atoms with E-state index in [0.29, 0.717) is 66.6 Å². The van der Waals surface area contributed by atoms with E-state index in [1.54, 1.807) is 33.3 Å². The third-order valence-electron chi connectivity index (χ3n) is 6.99. The Morgan fingerprint density at radius 1 is 1.03 bits per heavy atom. The first-order chi connectivity index (χ1) is 16.1. The van der Waals surface area contributed by atoms with E-state index in [-0.39, 0.29) is 23.3 Å². The maximum atomic E-state index is 13.2.